The molecule has 0 fully saturated rings. The molecule has 0 saturated carbocycles. The van der Waals surface area contributed by atoms with E-state index in [-0.39, 0.29) is 5.78 Å². The third-order valence-corrected chi connectivity index (χ3v) is 6.00. The molecule has 0 saturated heterocycles. The highest BCUT2D eigenvalue weighted by atomic mass is 79.9. The highest BCUT2D eigenvalue weighted by Gasteiger charge is 2.14. The van der Waals surface area contributed by atoms with Gasteiger partial charge in [0.05, 0.1) is 25.3 Å². The standard InChI is InChI=1S/C14H10BrNOS2/c1-8-6-12(19-14(8)15)10(17)7-13-16-9-4-2-3-5-11(9)18-13/h2-6H,7H2,1H3. The lowest BCUT2D eigenvalue weighted by molar-refractivity contribution is 0.0997. The fourth-order valence-electron chi connectivity index (χ4n) is 1.82. The van der Waals surface area contributed by atoms with Crippen molar-refractivity contribution in [3.63, 3.8) is 0 Å². The molecule has 0 radical (unpaired) electrons. The van der Waals surface area contributed by atoms with Gasteiger partial charge in [-0.1, -0.05) is 12.1 Å². The Labute approximate surface area is 127 Å². The monoisotopic (exact) mass is 351 g/mol. The number of hydrogen-bond acceptors (Lipinski definition) is 4. The van der Waals surface area contributed by atoms with Crippen LogP contribution in [0.5, 0.6) is 0 Å². The Morgan fingerprint density at radius 3 is 2.79 bits per heavy atom. The first-order chi connectivity index (χ1) is 9.13. The Bertz CT molecular complexity index is 707. The van der Waals surface area contributed by atoms with Gasteiger partial charge in [0.25, 0.3) is 0 Å². The number of para-hydroxylation sites is 1. The predicted molar refractivity (Wildman–Crippen MR) is 84.4 cm³/mol. The molecule has 0 amide bonds. The van der Waals surface area contributed by atoms with Crippen LogP contribution in [0, 0.1) is 6.92 Å². The molecule has 3 aromatic rings. The van der Waals surface area contributed by atoms with Crippen LogP contribution in [-0.2, 0) is 6.42 Å². The summed E-state index contributed by atoms with van der Waals surface area (Å²) in [7, 11) is 0. The number of nitrogens with zero attached hydrogens (tertiary/aromatic N) is 1. The molecule has 0 spiro atoms. The van der Waals surface area contributed by atoms with Crippen LogP contribution in [0.15, 0.2) is 34.1 Å². The molecule has 0 aliphatic rings. The van der Waals surface area contributed by atoms with Crippen LogP contribution in [0.25, 0.3) is 10.2 Å². The van der Waals surface area contributed by atoms with E-state index >= 15 is 0 Å². The van der Waals surface area contributed by atoms with Gasteiger partial charge in [0.2, 0.25) is 0 Å². The van der Waals surface area contributed by atoms with Crippen molar-refractivity contribution >= 4 is 54.6 Å². The zero-order valence-electron chi connectivity index (χ0n) is 10.1. The van der Waals surface area contributed by atoms with Gasteiger partial charge in [-0.3, -0.25) is 4.79 Å². The number of halogens is 1. The van der Waals surface area contributed by atoms with Crippen molar-refractivity contribution < 1.29 is 4.79 Å². The van der Waals surface area contributed by atoms with Crippen molar-refractivity contribution in [2.45, 2.75) is 13.3 Å². The SMILES string of the molecule is Cc1cc(C(=O)Cc2nc3ccccc3s2)sc1Br. The topological polar surface area (TPSA) is 30.0 Å². The first kappa shape index (κ1) is 13.0. The molecular weight excluding hydrogens is 342 g/mol. The highest BCUT2D eigenvalue weighted by molar-refractivity contribution is 9.11. The van der Waals surface area contributed by atoms with E-state index < -0.39 is 0 Å². The second-order valence-electron chi connectivity index (χ2n) is 4.24. The Morgan fingerprint density at radius 1 is 1.32 bits per heavy atom. The van der Waals surface area contributed by atoms with Gasteiger partial charge in [-0.25, -0.2) is 4.98 Å². The molecule has 0 atom stereocenters. The molecule has 0 aliphatic heterocycles. The lowest BCUT2D eigenvalue weighted by Gasteiger charge is -1.92. The van der Waals surface area contributed by atoms with Crippen LogP contribution in [-0.4, -0.2) is 10.8 Å². The summed E-state index contributed by atoms with van der Waals surface area (Å²) in [6, 6.07) is 9.90. The Balaban J connectivity index is 1.86. The average molecular weight is 352 g/mol. The van der Waals surface area contributed by atoms with Crippen LogP contribution in [0.3, 0.4) is 0 Å². The lowest BCUT2D eigenvalue weighted by atomic mass is 10.2. The van der Waals surface area contributed by atoms with Crippen molar-refractivity contribution in [3.8, 4) is 0 Å². The van der Waals surface area contributed by atoms with Crippen LogP contribution in [0.4, 0.5) is 0 Å². The van der Waals surface area contributed by atoms with Gasteiger partial charge in [0.1, 0.15) is 5.01 Å². The number of thiophene rings is 1. The molecule has 5 heteroatoms. The van der Waals surface area contributed by atoms with E-state index in [1.807, 2.05) is 37.3 Å². The summed E-state index contributed by atoms with van der Waals surface area (Å²) in [6.45, 7) is 2.00. The summed E-state index contributed by atoms with van der Waals surface area (Å²) in [5.74, 6) is 0.137. The molecule has 0 unspecified atom stereocenters. The van der Waals surface area contributed by atoms with Crippen LogP contribution in [0.1, 0.15) is 20.2 Å². The number of rotatable bonds is 3. The van der Waals surface area contributed by atoms with E-state index in [1.54, 1.807) is 11.3 Å². The first-order valence-electron chi connectivity index (χ1n) is 5.77. The third-order valence-electron chi connectivity index (χ3n) is 2.78. The maximum Gasteiger partial charge on any atom is 0.179 e. The summed E-state index contributed by atoms with van der Waals surface area (Å²) in [4.78, 5) is 17.5. The summed E-state index contributed by atoms with van der Waals surface area (Å²) < 4.78 is 2.16. The fourth-order valence-corrected chi connectivity index (χ4v) is 4.26. The molecule has 3 rings (SSSR count). The number of thiazole rings is 1. The van der Waals surface area contributed by atoms with Crippen LogP contribution in [0.2, 0.25) is 0 Å². The van der Waals surface area contributed by atoms with E-state index in [2.05, 4.69) is 20.9 Å². The summed E-state index contributed by atoms with van der Waals surface area (Å²) in [5.41, 5.74) is 2.08. The summed E-state index contributed by atoms with van der Waals surface area (Å²) >= 11 is 6.54. The molecule has 2 aromatic heterocycles. The maximum absolute atomic E-state index is 12.2. The molecule has 1 aromatic carbocycles. The predicted octanol–water partition coefficient (Wildman–Crippen LogP) is 4.85. The van der Waals surface area contributed by atoms with Crippen molar-refractivity contribution in [2.24, 2.45) is 0 Å². The van der Waals surface area contributed by atoms with Crippen LogP contribution >= 0.6 is 38.6 Å². The Morgan fingerprint density at radius 2 is 2.11 bits per heavy atom. The normalized spacial score (nSPS) is 11.1. The minimum absolute atomic E-state index is 0.137. The van der Waals surface area contributed by atoms with E-state index in [0.717, 1.165) is 29.5 Å². The number of aryl methyl sites for hydroxylation is 1. The van der Waals surface area contributed by atoms with Crippen molar-refractivity contribution in [1.29, 1.82) is 0 Å². The lowest BCUT2D eigenvalue weighted by Crippen LogP contribution is -2.00. The smallest absolute Gasteiger partial charge is 0.179 e. The number of Topliss-reactive ketones (excluding diaryl/α,β-unsaturated/α-hetero) is 1. The first-order valence-corrected chi connectivity index (χ1v) is 8.19. The van der Waals surface area contributed by atoms with Gasteiger partial charge in [-0.15, -0.1) is 22.7 Å². The number of hydrogen-bond donors (Lipinski definition) is 0. The molecule has 2 heterocycles. The molecular formula is C14H10BrNOS2. The molecule has 0 aliphatic carbocycles. The van der Waals surface area contributed by atoms with E-state index in [9.17, 15) is 4.79 Å². The van der Waals surface area contributed by atoms with Gasteiger partial charge in [-0.2, -0.15) is 0 Å². The van der Waals surface area contributed by atoms with Gasteiger partial charge in [-0.05, 0) is 46.6 Å². The fraction of sp³-hybridized carbons (Fsp3) is 0.143. The molecule has 2 nitrogen and oxygen atoms in total. The zero-order chi connectivity index (χ0) is 13.4. The molecule has 96 valence electrons. The third kappa shape index (κ3) is 2.63. The number of carbonyl (C=O) groups excluding carboxylic acids is 1. The molecule has 19 heavy (non-hydrogen) atoms. The average Bonchev–Trinajstić information content (AvgIpc) is 2.93. The quantitative estimate of drug-likeness (QED) is 0.631. The van der Waals surface area contributed by atoms with Crippen LogP contribution < -0.4 is 0 Å². The largest absolute Gasteiger partial charge is 0.293 e. The molecule has 0 N–H and O–H groups in total. The summed E-state index contributed by atoms with van der Waals surface area (Å²) in [6.07, 6.45) is 0.381. The van der Waals surface area contributed by atoms with Crippen molar-refractivity contribution in [2.75, 3.05) is 0 Å². The van der Waals surface area contributed by atoms with Gasteiger partial charge in [0, 0.05) is 0 Å². The second-order valence-corrected chi connectivity index (χ2v) is 7.73. The minimum Gasteiger partial charge on any atom is -0.293 e. The Hall–Kier alpha value is -1.04. The number of fused-ring (bicyclic) bond motifs is 1. The minimum atomic E-state index is 0.137. The maximum atomic E-state index is 12.2. The van der Waals surface area contributed by atoms with Gasteiger partial charge >= 0.3 is 0 Å². The number of ketones is 1. The van der Waals surface area contributed by atoms with Crippen molar-refractivity contribution in [1.82, 2.24) is 4.98 Å². The zero-order valence-corrected chi connectivity index (χ0v) is 13.4. The molecule has 0 bridgehead atoms. The van der Waals surface area contributed by atoms with E-state index in [0.29, 0.717) is 6.42 Å². The number of aromatic nitrogens is 1. The second kappa shape index (κ2) is 5.15. The van der Waals surface area contributed by atoms with Crippen molar-refractivity contribution in [3.05, 3.63) is 49.6 Å². The Kier molecular flexibility index (Phi) is 3.52. The number of carbonyl (C=O) groups is 1. The van der Waals surface area contributed by atoms with Gasteiger partial charge < -0.3 is 0 Å². The highest BCUT2D eigenvalue weighted by Crippen LogP contribution is 2.29. The van der Waals surface area contributed by atoms with E-state index in [1.165, 1.54) is 11.3 Å². The van der Waals surface area contributed by atoms with Gasteiger partial charge in [0.15, 0.2) is 5.78 Å². The number of benzene rings is 1. The summed E-state index contributed by atoms with van der Waals surface area (Å²) in [5, 5.41) is 0.883. The van der Waals surface area contributed by atoms with E-state index in [4.69, 9.17) is 0 Å².